The number of methoxy groups -OCH3 is 1. The first kappa shape index (κ1) is 15.2. The highest BCUT2D eigenvalue weighted by Gasteiger charge is 2.20. The molecule has 0 unspecified atom stereocenters. The minimum absolute atomic E-state index is 0.150. The van der Waals surface area contributed by atoms with Crippen LogP contribution in [0.3, 0.4) is 0 Å². The van der Waals surface area contributed by atoms with Crippen LogP contribution in [0.15, 0.2) is 29.4 Å². The smallest absolute Gasteiger partial charge is 0.243 e. The molecule has 1 N–H and O–H groups in total. The molecule has 0 fully saturated rings. The van der Waals surface area contributed by atoms with Gasteiger partial charge in [0.25, 0.3) is 0 Å². The molecule has 20 heavy (non-hydrogen) atoms. The second-order valence-electron chi connectivity index (χ2n) is 4.37. The first-order valence-electron chi connectivity index (χ1n) is 6.00. The first-order chi connectivity index (χ1) is 9.42. The van der Waals surface area contributed by atoms with E-state index >= 15 is 0 Å². The second kappa shape index (κ2) is 6.04. The molecule has 0 spiro atoms. The topological polar surface area (TPSA) is 73.2 Å². The molecule has 6 nitrogen and oxygen atoms in total. The number of nitrogens with one attached hydrogen (secondary N) is 1. The lowest BCUT2D eigenvalue weighted by Gasteiger charge is -2.14. The number of aromatic nitrogens is 2. The molecule has 1 atom stereocenters. The highest BCUT2D eigenvalue weighted by atomic mass is 32.2. The predicted octanol–water partition coefficient (Wildman–Crippen LogP) is 1.46. The summed E-state index contributed by atoms with van der Waals surface area (Å²) in [6.07, 6.45) is 2.49. The van der Waals surface area contributed by atoms with E-state index in [9.17, 15) is 8.42 Å². The van der Waals surface area contributed by atoms with E-state index in [0.717, 1.165) is 9.75 Å². The van der Waals surface area contributed by atoms with Gasteiger partial charge in [-0.3, -0.25) is 4.68 Å². The third-order valence-electron chi connectivity index (χ3n) is 2.81. The molecule has 0 saturated carbocycles. The van der Waals surface area contributed by atoms with Crippen molar-refractivity contribution in [3.8, 4) is 0 Å². The van der Waals surface area contributed by atoms with Crippen LogP contribution in [-0.4, -0.2) is 31.9 Å². The van der Waals surface area contributed by atoms with Crippen molar-refractivity contribution in [2.75, 3.05) is 13.7 Å². The summed E-state index contributed by atoms with van der Waals surface area (Å²) >= 11 is 1.59. The monoisotopic (exact) mass is 315 g/mol. The largest absolute Gasteiger partial charge is 0.375 e. The van der Waals surface area contributed by atoms with E-state index in [2.05, 4.69) is 9.82 Å². The van der Waals surface area contributed by atoms with E-state index in [-0.39, 0.29) is 17.5 Å². The molecule has 2 rings (SSSR count). The Morgan fingerprint density at radius 3 is 2.75 bits per heavy atom. The summed E-state index contributed by atoms with van der Waals surface area (Å²) in [5.41, 5.74) is 0. The Morgan fingerprint density at radius 2 is 2.25 bits per heavy atom. The number of aryl methyl sites for hydroxylation is 2. The van der Waals surface area contributed by atoms with Crippen molar-refractivity contribution >= 4 is 21.4 Å². The SMILES string of the molecule is CO[C@H](CNS(=O)(=O)c1cnn(C)c1)c1ccc(C)s1. The number of hydrogen-bond donors (Lipinski definition) is 1. The Balaban J connectivity index is 2.06. The highest BCUT2D eigenvalue weighted by molar-refractivity contribution is 7.89. The second-order valence-corrected chi connectivity index (χ2v) is 7.46. The maximum Gasteiger partial charge on any atom is 0.243 e. The number of nitrogens with zero attached hydrogens (tertiary/aromatic N) is 2. The zero-order valence-corrected chi connectivity index (χ0v) is 13.2. The van der Waals surface area contributed by atoms with Crippen LogP contribution in [0.2, 0.25) is 0 Å². The van der Waals surface area contributed by atoms with Crippen molar-refractivity contribution in [2.24, 2.45) is 7.05 Å². The van der Waals surface area contributed by atoms with Gasteiger partial charge < -0.3 is 4.74 Å². The van der Waals surface area contributed by atoms with Gasteiger partial charge in [0.05, 0.1) is 6.20 Å². The Labute approximate surface area is 122 Å². The molecule has 0 radical (unpaired) electrons. The number of hydrogen-bond acceptors (Lipinski definition) is 5. The van der Waals surface area contributed by atoms with Gasteiger partial charge in [-0.1, -0.05) is 0 Å². The molecular weight excluding hydrogens is 298 g/mol. The third-order valence-corrected chi connectivity index (χ3v) is 5.28. The minimum Gasteiger partial charge on any atom is -0.375 e. The molecule has 0 aliphatic heterocycles. The normalized spacial score (nSPS) is 13.6. The van der Waals surface area contributed by atoms with Crippen LogP contribution < -0.4 is 4.72 Å². The van der Waals surface area contributed by atoms with Crippen molar-refractivity contribution in [1.29, 1.82) is 0 Å². The van der Waals surface area contributed by atoms with Crippen LogP contribution >= 0.6 is 11.3 Å². The minimum atomic E-state index is -3.55. The average molecular weight is 315 g/mol. The van der Waals surface area contributed by atoms with Gasteiger partial charge >= 0.3 is 0 Å². The summed E-state index contributed by atoms with van der Waals surface area (Å²) in [5, 5.41) is 3.86. The van der Waals surface area contributed by atoms with Crippen LogP contribution in [-0.2, 0) is 21.8 Å². The number of thiophene rings is 1. The molecule has 2 heterocycles. The van der Waals surface area contributed by atoms with Gasteiger partial charge in [0, 0.05) is 36.7 Å². The van der Waals surface area contributed by atoms with E-state index in [1.165, 1.54) is 17.1 Å². The van der Waals surface area contributed by atoms with Gasteiger partial charge in [-0.2, -0.15) is 5.10 Å². The molecule has 0 amide bonds. The summed E-state index contributed by atoms with van der Waals surface area (Å²) in [5.74, 6) is 0. The van der Waals surface area contributed by atoms with Gasteiger partial charge in [-0.25, -0.2) is 13.1 Å². The fraction of sp³-hybridized carbons (Fsp3) is 0.417. The molecule has 2 aromatic heterocycles. The molecule has 0 aromatic carbocycles. The maximum absolute atomic E-state index is 12.1. The molecule has 0 aliphatic rings. The van der Waals surface area contributed by atoms with Gasteiger partial charge in [0.2, 0.25) is 10.0 Å². The fourth-order valence-corrected chi connectivity index (χ4v) is 3.70. The molecule has 2 aromatic rings. The van der Waals surface area contributed by atoms with Crippen molar-refractivity contribution in [2.45, 2.75) is 17.9 Å². The van der Waals surface area contributed by atoms with Gasteiger partial charge in [0.1, 0.15) is 11.0 Å². The number of sulfonamides is 1. The zero-order valence-electron chi connectivity index (χ0n) is 11.5. The molecule has 0 saturated heterocycles. The van der Waals surface area contributed by atoms with Gasteiger partial charge in [-0.05, 0) is 19.1 Å². The molecule has 0 aliphatic carbocycles. The lowest BCUT2D eigenvalue weighted by molar-refractivity contribution is 0.110. The standard InChI is InChI=1S/C12H17N3O3S2/c1-9-4-5-12(19-9)11(18-3)7-14-20(16,17)10-6-13-15(2)8-10/h4-6,8,11,14H,7H2,1-3H3/t11-/m1/s1. The summed E-state index contributed by atoms with van der Waals surface area (Å²) in [4.78, 5) is 2.31. The van der Waals surface area contributed by atoms with Crippen molar-refractivity contribution in [3.05, 3.63) is 34.3 Å². The van der Waals surface area contributed by atoms with E-state index in [1.807, 2.05) is 19.1 Å². The van der Waals surface area contributed by atoms with Gasteiger partial charge in [-0.15, -0.1) is 11.3 Å². The molecule has 110 valence electrons. The van der Waals surface area contributed by atoms with Crippen molar-refractivity contribution in [1.82, 2.24) is 14.5 Å². The highest BCUT2D eigenvalue weighted by Crippen LogP contribution is 2.24. The molecular formula is C12H17N3O3S2. The van der Waals surface area contributed by atoms with E-state index in [4.69, 9.17) is 4.74 Å². The Morgan fingerprint density at radius 1 is 1.50 bits per heavy atom. The van der Waals surface area contributed by atoms with Crippen LogP contribution in [0.4, 0.5) is 0 Å². The summed E-state index contributed by atoms with van der Waals surface area (Å²) < 4.78 is 33.5. The Kier molecular flexibility index (Phi) is 4.59. The lowest BCUT2D eigenvalue weighted by Crippen LogP contribution is -2.28. The molecule has 8 heteroatoms. The fourth-order valence-electron chi connectivity index (χ4n) is 1.73. The number of rotatable bonds is 6. The zero-order chi connectivity index (χ0) is 14.8. The van der Waals surface area contributed by atoms with E-state index < -0.39 is 10.0 Å². The van der Waals surface area contributed by atoms with Crippen LogP contribution in [0, 0.1) is 6.92 Å². The van der Waals surface area contributed by atoms with Gasteiger partial charge in [0.15, 0.2) is 0 Å². The Bertz CT molecular complexity index is 676. The quantitative estimate of drug-likeness (QED) is 0.876. The van der Waals surface area contributed by atoms with E-state index in [1.54, 1.807) is 25.5 Å². The maximum atomic E-state index is 12.1. The van der Waals surface area contributed by atoms with Crippen molar-refractivity contribution < 1.29 is 13.2 Å². The van der Waals surface area contributed by atoms with Crippen LogP contribution in [0.25, 0.3) is 0 Å². The van der Waals surface area contributed by atoms with Crippen molar-refractivity contribution in [3.63, 3.8) is 0 Å². The Hall–Kier alpha value is -1.22. The van der Waals surface area contributed by atoms with Crippen LogP contribution in [0.1, 0.15) is 15.9 Å². The summed E-state index contributed by atoms with van der Waals surface area (Å²) in [6.45, 7) is 2.19. The molecule has 0 bridgehead atoms. The third kappa shape index (κ3) is 3.45. The average Bonchev–Trinajstić information content (AvgIpc) is 2.99. The summed E-state index contributed by atoms with van der Waals surface area (Å²) in [7, 11) is -0.315. The number of ether oxygens (including phenoxy) is 1. The lowest BCUT2D eigenvalue weighted by atomic mass is 10.3. The summed E-state index contributed by atoms with van der Waals surface area (Å²) in [6, 6.07) is 3.94. The predicted molar refractivity (Wildman–Crippen MR) is 77.2 cm³/mol. The first-order valence-corrected chi connectivity index (χ1v) is 8.30. The van der Waals surface area contributed by atoms with Crippen LogP contribution in [0.5, 0.6) is 0 Å². The van der Waals surface area contributed by atoms with E-state index in [0.29, 0.717) is 0 Å².